The average Bonchev–Trinajstić information content (AvgIpc) is 2.73. The van der Waals surface area contributed by atoms with Crippen molar-refractivity contribution in [2.75, 3.05) is 11.1 Å². The van der Waals surface area contributed by atoms with E-state index in [9.17, 15) is 9.18 Å². The van der Waals surface area contributed by atoms with Gasteiger partial charge in [0.05, 0.1) is 16.6 Å². The number of hydrogen-bond acceptors (Lipinski definition) is 3. The van der Waals surface area contributed by atoms with Gasteiger partial charge < -0.3 is 15.8 Å². The topological polar surface area (TPSA) is 64.3 Å². The second-order valence-corrected chi connectivity index (χ2v) is 5.30. The molecule has 1 amide bonds. The highest BCUT2D eigenvalue weighted by molar-refractivity contribution is 9.10. The number of nitrogen functional groups attached to an aromatic ring is 1. The molecule has 2 aromatic carbocycles. The van der Waals surface area contributed by atoms with Crippen LogP contribution in [0.4, 0.5) is 15.8 Å². The van der Waals surface area contributed by atoms with Gasteiger partial charge in [-0.05, 0) is 39.7 Å². The largest absolute Gasteiger partial charge is 0.455 e. The Morgan fingerprint density at radius 2 is 2.10 bits per heavy atom. The van der Waals surface area contributed by atoms with Gasteiger partial charge in [-0.1, -0.05) is 0 Å². The van der Waals surface area contributed by atoms with E-state index in [4.69, 9.17) is 10.5 Å². The van der Waals surface area contributed by atoms with Crippen molar-refractivity contribution < 1.29 is 13.9 Å². The van der Waals surface area contributed by atoms with E-state index in [1.54, 1.807) is 24.3 Å². The molecule has 102 valence electrons. The van der Waals surface area contributed by atoms with Gasteiger partial charge in [-0.2, -0.15) is 0 Å². The molecule has 3 rings (SSSR count). The number of anilines is 2. The Hall–Kier alpha value is -2.08. The van der Waals surface area contributed by atoms with Gasteiger partial charge in [0.15, 0.2) is 5.75 Å². The van der Waals surface area contributed by atoms with Crippen molar-refractivity contribution in [3.63, 3.8) is 0 Å². The molecule has 0 fully saturated rings. The molecule has 0 bridgehead atoms. The number of amides is 1. The van der Waals surface area contributed by atoms with Crippen LogP contribution >= 0.6 is 15.9 Å². The molecule has 6 heteroatoms. The lowest BCUT2D eigenvalue weighted by molar-refractivity contribution is -0.115. The molecule has 3 N–H and O–H groups in total. The predicted molar refractivity (Wildman–Crippen MR) is 77.4 cm³/mol. The lowest BCUT2D eigenvalue weighted by Gasteiger charge is -2.11. The Kier molecular flexibility index (Phi) is 3.10. The maximum absolute atomic E-state index is 13.4. The van der Waals surface area contributed by atoms with Crippen LogP contribution in [-0.2, 0) is 11.2 Å². The van der Waals surface area contributed by atoms with E-state index in [0.29, 0.717) is 33.8 Å². The van der Waals surface area contributed by atoms with Crippen LogP contribution in [0.1, 0.15) is 5.56 Å². The normalized spacial score (nSPS) is 13.0. The van der Waals surface area contributed by atoms with Crippen molar-refractivity contribution in [3.8, 4) is 11.5 Å². The van der Waals surface area contributed by atoms with Crippen LogP contribution in [0.3, 0.4) is 0 Å². The first kappa shape index (κ1) is 12.9. The Morgan fingerprint density at radius 1 is 1.30 bits per heavy atom. The van der Waals surface area contributed by atoms with Crippen molar-refractivity contribution in [1.29, 1.82) is 0 Å². The van der Waals surface area contributed by atoms with Gasteiger partial charge in [-0.3, -0.25) is 4.79 Å². The Labute approximate surface area is 122 Å². The third-order valence-electron chi connectivity index (χ3n) is 2.98. The number of ether oxygens (including phenoxy) is 1. The lowest BCUT2D eigenvalue weighted by Crippen LogP contribution is -2.03. The number of fused-ring (bicyclic) bond motifs is 1. The highest BCUT2D eigenvalue weighted by Crippen LogP contribution is 2.36. The number of benzene rings is 2. The number of carbonyl (C=O) groups excluding carboxylic acids is 1. The highest BCUT2D eigenvalue weighted by Gasteiger charge is 2.20. The van der Waals surface area contributed by atoms with Crippen LogP contribution in [-0.4, -0.2) is 5.91 Å². The van der Waals surface area contributed by atoms with Crippen LogP contribution in [0.2, 0.25) is 0 Å². The smallest absolute Gasteiger partial charge is 0.228 e. The molecule has 0 radical (unpaired) electrons. The van der Waals surface area contributed by atoms with Crippen molar-refractivity contribution in [2.24, 2.45) is 0 Å². The minimum absolute atomic E-state index is 0.0776. The molecule has 0 aromatic heterocycles. The Balaban J connectivity index is 1.93. The number of nitrogens with two attached hydrogens (primary N) is 1. The van der Waals surface area contributed by atoms with Gasteiger partial charge in [-0.15, -0.1) is 0 Å². The van der Waals surface area contributed by atoms with E-state index < -0.39 is 5.82 Å². The molecule has 0 saturated carbocycles. The van der Waals surface area contributed by atoms with E-state index >= 15 is 0 Å². The fourth-order valence-electron chi connectivity index (χ4n) is 2.03. The summed E-state index contributed by atoms with van der Waals surface area (Å²) in [6.45, 7) is 0. The van der Waals surface area contributed by atoms with E-state index in [1.165, 1.54) is 6.07 Å². The molecule has 1 heterocycles. The predicted octanol–water partition coefficient (Wildman–Crippen LogP) is 3.46. The first-order valence-electron chi connectivity index (χ1n) is 5.88. The molecular formula is C14H10BrFN2O2. The summed E-state index contributed by atoms with van der Waals surface area (Å²) in [7, 11) is 0. The van der Waals surface area contributed by atoms with Crippen molar-refractivity contribution >= 4 is 33.2 Å². The lowest BCUT2D eigenvalue weighted by atomic mass is 10.1. The first-order chi connectivity index (χ1) is 9.52. The van der Waals surface area contributed by atoms with E-state index in [1.807, 2.05) is 0 Å². The maximum atomic E-state index is 13.4. The van der Waals surface area contributed by atoms with Crippen LogP contribution in [0, 0.1) is 5.82 Å². The van der Waals surface area contributed by atoms with Gasteiger partial charge in [0.1, 0.15) is 11.6 Å². The van der Waals surface area contributed by atoms with Crippen LogP contribution in [0.5, 0.6) is 11.5 Å². The third kappa shape index (κ3) is 2.34. The zero-order chi connectivity index (χ0) is 14.3. The standard InChI is InChI=1S/C14H10BrFN2O2/c15-9-2-1-8(5-10(9)16)20-13-6-12-7(3-11(13)17)4-14(19)18-12/h1-3,5-6H,4,17H2,(H,18,19). The number of nitrogens with one attached hydrogen (secondary N) is 1. The van der Waals surface area contributed by atoms with Crippen LogP contribution in [0.15, 0.2) is 34.8 Å². The molecule has 1 aliphatic rings. The molecule has 0 spiro atoms. The summed E-state index contributed by atoms with van der Waals surface area (Å²) >= 11 is 3.07. The molecule has 4 nitrogen and oxygen atoms in total. The number of halogens is 2. The summed E-state index contributed by atoms with van der Waals surface area (Å²) in [6, 6.07) is 7.77. The molecule has 2 aromatic rings. The van der Waals surface area contributed by atoms with Gasteiger partial charge in [0, 0.05) is 17.8 Å². The van der Waals surface area contributed by atoms with Crippen molar-refractivity contribution in [3.05, 3.63) is 46.2 Å². The first-order valence-corrected chi connectivity index (χ1v) is 6.67. The second kappa shape index (κ2) is 4.79. The quantitative estimate of drug-likeness (QED) is 0.825. The maximum Gasteiger partial charge on any atom is 0.228 e. The van der Waals surface area contributed by atoms with Gasteiger partial charge >= 0.3 is 0 Å². The molecule has 0 atom stereocenters. The zero-order valence-corrected chi connectivity index (χ0v) is 11.8. The Bertz CT molecular complexity index is 719. The summed E-state index contributed by atoms with van der Waals surface area (Å²) in [6.07, 6.45) is 0.312. The highest BCUT2D eigenvalue weighted by atomic mass is 79.9. The monoisotopic (exact) mass is 336 g/mol. The molecule has 1 aliphatic heterocycles. The number of hydrogen-bond donors (Lipinski definition) is 2. The van der Waals surface area contributed by atoms with Gasteiger partial charge in [-0.25, -0.2) is 4.39 Å². The van der Waals surface area contributed by atoms with E-state index in [0.717, 1.165) is 5.56 Å². The van der Waals surface area contributed by atoms with E-state index in [2.05, 4.69) is 21.2 Å². The zero-order valence-electron chi connectivity index (χ0n) is 10.2. The summed E-state index contributed by atoms with van der Waals surface area (Å²) in [5, 5.41) is 2.72. The number of rotatable bonds is 2. The Morgan fingerprint density at radius 3 is 2.85 bits per heavy atom. The molecular weight excluding hydrogens is 327 g/mol. The number of carbonyl (C=O) groups is 1. The van der Waals surface area contributed by atoms with Gasteiger partial charge in [0.25, 0.3) is 0 Å². The summed E-state index contributed by atoms with van der Waals surface area (Å²) in [5.41, 5.74) is 7.81. The van der Waals surface area contributed by atoms with Crippen molar-refractivity contribution in [1.82, 2.24) is 0 Å². The molecule has 0 saturated heterocycles. The summed E-state index contributed by atoms with van der Waals surface area (Å²) in [5.74, 6) is 0.219. The minimum Gasteiger partial charge on any atom is -0.455 e. The van der Waals surface area contributed by atoms with Crippen LogP contribution in [0.25, 0.3) is 0 Å². The van der Waals surface area contributed by atoms with Crippen molar-refractivity contribution in [2.45, 2.75) is 6.42 Å². The SMILES string of the molecule is Nc1cc2c(cc1Oc1ccc(Br)c(F)c1)NC(=O)C2. The summed E-state index contributed by atoms with van der Waals surface area (Å²) in [4.78, 5) is 11.3. The third-order valence-corrected chi connectivity index (χ3v) is 3.62. The van der Waals surface area contributed by atoms with Crippen LogP contribution < -0.4 is 15.8 Å². The second-order valence-electron chi connectivity index (χ2n) is 4.45. The van der Waals surface area contributed by atoms with E-state index in [-0.39, 0.29) is 5.91 Å². The molecule has 0 aliphatic carbocycles. The molecule has 0 unspecified atom stereocenters. The molecule has 20 heavy (non-hydrogen) atoms. The fourth-order valence-corrected chi connectivity index (χ4v) is 2.28. The summed E-state index contributed by atoms with van der Waals surface area (Å²) < 4.78 is 19.4. The average molecular weight is 337 g/mol. The van der Waals surface area contributed by atoms with Gasteiger partial charge in [0.2, 0.25) is 5.91 Å². The fraction of sp³-hybridized carbons (Fsp3) is 0.0714. The minimum atomic E-state index is -0.421.